The second-order valence-electron chi connectivity index (χ2n) is 15.6. The molecule has 0 bridgehead atoms. The molecule has 0 saturated carbocycles. The summed E-state index contributed by atoms with van der Waals surface area (Å²) in [5.41, 5.74) is 14.3. The Morgan fingerprint density at radius 2 is 0.613 bits per heavy atom. The van der Waals surface area contributed by atoms with Crippen molar-refractivity contribution in [1.29, 1.82) is 0 Å². The van der Waals surface area contributed by atoms with Crippen LogP contribution in [0.4, 0.5) is 0 Å². The van der Waals surface area contributed by atoms with E-state index < -0.39 is 0 Å². The van der Waals surface area contributed by atoms with Crippen LogP contribution in [-0.2, 0) is 0 Å². The molecule has 290 valence electrons. The smallest absolute Gasteiger partial charge is 0.164 e. The van der Waals surface area contributed by atoms with E-state index in [4.69, 9.17) is 15.0 Å². The monoisotopic (exact) mass is 791 g/mol. The zero-order valence-electron chi connectivity index (χ0n) is 33.6. The van der Waals surface area contributed by atoms with Crippen LogP contribution in [0.1, 0.15) is 0 Å². The van der Waals surface area contributed by atoms with E-state index >= 15 is 0 Å². The summed E-state index contributed by atoms with van der Waals surface area (Å²) in [4.78, 5) is 15.2. The number of hydrogen-bond acceptors (Lipinski definition) is 3. The first-order valence-corrected chi connectivity index (χ1v) is 20.9. The van der Waals surface area contributed by atoms with Crippen LogP contribution < -0.4 is 0 Å². The van der Waals surface area contributed by atoms with Crippen molar-refractivity contribution in [3.05, 3.63) is 224 Å². The van der Waals surface area contributed by atoms with Gasteiger partial charge in [-0.3, -0.25) is 0 Å². The highest BCUT2D eigenvalue weighted by Crippen LogP contribution is 2.43. The third kappa shape index (κ3) is 5.98. The van der Waals surface area contributed by atoms with Crippen molar-refractivity contribution < 1.29 is 0 Å². The van der Waals surface area contributed by atoms with Crippen molar-refractivity contribution in [1.82, 2.24) is 24.1 Å². The summed E-state index contributed by atoms with van der Waals surface area (Å²) in [7, 11) is 0. The number of nitrogens with zero attached hydrogens (tertiary/aromatic N) is 5. The van der Waals surface area contributed by atoms with E-state index in [0.29, 0.717) is 17.5 Å². The van der Waals surface area contributed by atoms with Crippen molar-refractivity contribution in [3.63, 3.8) is 0 Å². The molecular formula is C57H37N5. The highest BCUT2D eigenvalue weighted by Gasteiger charge is 2.22. The number of rotatable bonds is 7. The summed E-state index contributed by atoms with van der Waals surface area (Å²) < 4.78 is 4.87. The SMILES string of the molecule is c1ccc(-c2ccc(-c3nc(-c4ccccc4)nc(-c4ccc(-n5c6ccccc6c6ccc7c8cc(-c9ccccc9)ccc8n(-c8ccccc8)c7c65)cc4)n3)cc2)cc1. The Bertz CT molecular complexity index is 3580. The lowest BCUT2D eigenvalue weighted by molar-refractivity contribution is 1.07. The first kappa shape index (κ1) is 35.5. The van der Waals surface area contributed by atoms with Gasteiger partial charge in [-0.05, 0) is 76.9 Å². The normalized spacial score (nSPS) is 11.5. The van der Waals surface area contributed by atoms with Gasteiger partial charge in [0.25, 0.3) is 0 Å². The molecule has 0 fully saturated rings. The van der Waals surface area contributed by atoms with E-state index in [9.17, 15) is 0 Å². The van der Waals surface area contributed by atoms with Gasteiger partial charge in [-0.1, -0.05) is 170 Å². The first-order chi connectivity index (χ1) is 30.7. The summed E-state index contributed by atoms with van der Waals surface area (Å²) in [6.07, 6.45) is 0. The molecule has 12 aromatic rings. The molecule has 12 rings (SSSR count). The van der Waals surface area contributed by atoms with Crippen LogP contribution in [0, 0.1) is 0 Å². The Balaban J connectivity index is 1.04. The van der Waals surface area contributed by atoms with Crippen molar-refractivity contribution in [2.24, 2.45) is 0 Å². The van der Waals surface area contributed by atoms with Crippen LogP contribution >= 0.6 is 0 Å². The van der Waals surface area contributed by atoms with Gasteiger partial charge < -0.3 is 9.13 Å². The molecule has 5 heteroatoms. The number of hydrogen-bond donors (Lipinski definition) is 0. The van der Waals surface area contributed by atoms with Gasteiger partial charge in [0.2, 0.25) is 0 Å². The van der Waals surface area contributed by atoms with Gasteiger partial charge >= 0.3 is 0 Å². The molecule has 0 amide bonds. The van der Waals surface area contributed by atoms with Crippen LogP contribution in [0.25, 0.3) is 111 Å². The zero-order valence-corrected chi connectivity index (χ0v) is 33.6. The minimum Gasteiger partial charge on any atom is -0.307 e. The fourth-order valence-corrected chi connectivity index (χ4v) is 9.03. The summed E-state index contributed by atoms with van der Waals surface area (Å²) in [6.45, 7) is 0. The molecule has 0 spiro atoms. The molecule has 9 aromatic carbocycles. The van der Waals surface area contributed by atoms with E-state index in [1.165, 1.54) is 49.3 Å². The maximum Gasteiger partial charge on any atom is 0.164 e. The number of para-hydroxylation sites is 2. The van der Waals surface area contributed by atoms with E-state index in [1.54, 1.807) is 0 Å². The van der Waals surface area contributed by atoms with Gasteiger partial charge in [-0.25, -0.2) is 15.0 Å². The minimum atomic E-state index is 0.621. The fraction of sp³-hybridized carbons (Fsp3) is 0. The third-order valence-electron chi connectivity index (χ3n) is 12.0. The topological polar surface area (TPSA) is 48.5 Å². The van der Waals surface area contributed by atoms with Crippen LogP contribution in [-0.4, -0.2) is 24.1 Å². The van der Waals surface area contributed by atoms with Crippen LogP contribution in [0.15, 0.2) is 224 Å². The van der Waals surface area contributed by atoms with Crippen LogP contribution in [0.5, 0.6) is 0 Å². The molecule has 0 aliphatic heterocycles. The summed E-state index contributed by atoms with van der Waals surface area (Å²) in [6, 6.07) is 79.3. The second kappa shape index (κ2) is 14.7. The molecule has 62 heavy (non-hydrogen) atoms. The molecule has 0 unspecified atom stereocenters. The van der Waals surface area contributed by atoms with Crippen LogP contribution in [0.2, 0.25) is 0 Å². The Morgan fingerprint density at radius 3 is 1.19 bits per heavy atom. The molecule has 0 N–H and O–H groups in total. The van der Waals surface area contributed by atoms with Gasteiger partial charge in [0.15, 0.2) is 17.5 Å². The lowest BCUT2D eigenvalue weighted by Gasteiger charge is -2.13. The van der Waals surface area contributed by atoms with Gasteiger partial charge in [-0.15, -0.1) is 0 Å². The standard InChI is InChI=1S/C57H37N5/c1-5-15-38(16-6-1)40-25-27-42(28-26-40)56-58-55(41-19-9-3-10-20-41)59-57(60-56)43-29-32-46(33-30-43)62-51-24-14-13-23-47(51)48-34-35-49-50-37-44(39-17-7-2-8-18-39)31-36-52(50)61(54(49)53(48)62)45-21-11-4-12-22-45/h1-37H. The van der Waals surface area contributed by atoms with Crippen molar-refractivity contribution >= 4 is 43.6 Å². The van der Waals surface area contributed by atoms with Crippen molar-refractivity contribution in [2.45, 2.75) is 0 Å². The zero-order chi connectivity index (χ0) is 41.0. The number of benzene rings is 9. The lowest BCUT2D eigenvalue weighted by atomic mass is 10.0. The van der Waals surface area contributed by atoms with Gasteiger partial charge in [-0.2, -0.15) is 0 Å². The predicted molar refractivity (Wildman–Crippen MR) is 256 cm³/mol. The number of fused-ring (bicyclic) bond motifs is 7. The van der Waals surface area contributed by atoms with Gasteiger partial charge in [0, 0.05) is 49.6 Å². The Morgan fingerprint density at radius 1 is 0.242 bits per heavy atom. The highest BCUT2D eigenvalue weighted by molar-refractivity contribution is 6.24. The molecule has 3 heterocycles. The fourth-order valence-electron chi connectivity index (χ4n) is 9.03. The van der Waals surface area contributed by atoms with E-state index in [1.807, 2.05) is 36.4 Å². The highest BCUT2D eigenvalue weighted by atomic mass is 15.1. The van der Waals surface area contributed by atoms with E-state index in [2.05, 4.69) is 197 Å². The first-order valence-electron chi connectivity index (χ1n) is 20.9. The molecule has 0 atom stereocenters. The largest absolute Gasteiger partial charge is 0.307 e. The quantitative estimate of drug-likeness (QED) is 0.162. The Labute approximate surface area is 358 Å². The predicted octanol–water partition coefficient (Wildman–Crippen LogP) is 14.4. The van der Waals surface area contributed by atoms with Crippen LogP contribution in [0.3, 0.4) is 0 Å². The van der Waals surface area contributed by atoms with E-state index in [0.717, 1.165) is 44.7 Å². The lowest BCUT2D eigenvalue weighted by Crippen LogP contribution is -2.01. The average molecular weight is 792 g/mol. The minimum absolute atomic E-state index is 0.621. The molecule has 0 aliphatic carbocycles. The Hall–Kier alpha value is -8.41. The maximum atomic E-state index is 5.10. The molecular weight excluding hydrogens is 755 g/mol. The molecule has 5 nitrogen and oxygen atoms in total. The second-order valence-corrected chi connectivity index (χ2v) is 15.6. The average Bonchev–Trinajstić information content (AvgIpc) is 3.88. The molecule has 0 radical (unpaired) electrons. The summed E-state index contributed by atoms with van der Waals surface area (Å²) in [5.74, 6) is 1.89. The number of aromatic nitrogens is 5. The summed E-state index contributed by atoms with van der Waals surface area (Å²) in [5, 5.41) is 4.83. The molecule has 3 aromatic heterocycles. The van der Waals surface area contributed by atoms with Gasteiger partial charge in [0.1, 0.15) is 0 Å². The molecule has 0 aliphatic rings. The summed E-state index contributed by atoms with van der Waals surface area (Å²) >= 11 is 0. The van der Waals surface area contributed by atoms with E-state index in [-0.39, 0.29) is 0 Å². The Kier molecular flexibility index (Phi) is 8.42. The van der Waals surface area contributed by atoms with Crippen molar-refractivity contribution in [3.8, 4) is 67.8 Å². The maximum absolute atomic E-state index is 5.10. The third-order valence-corrected chi connectivity index (χ3v) is 12.0. The molecule has 0 saturated heterocycles. The van der Waals surface area contributed by atoms with Crippen molar-refractivity contribution in [2.75, 3.05) is 0 Å². The van der Waals surface area contributed by atoms with Gasteiger partial charge in [0.05, 0.1) is 22.1 Å².